The van der Waals surface area contributed by atoms with E-state index in [0.29, 0.717) is 81.4 Å². The van der Waals surface area contributed by atoms with Crippen LogP contribution in [0.3, 0.4) is 0 Å². The van der Waals surface area contributed by atoms with E-state index in [9.17, 15) is 10.2 Å². The zero-order valence-electron chi connectivity index (χ0n) is 28.4. The molecule has 3 aromatic heterocycles. The fraction of sp³-hybridized carbons (Fsp3) is 0.200. The van der Waals surface area contributed by atoms with Crippen molar-refractivity contribution in [1.82, 2.24) is 19.9 Å². The number of H-pyrrole nitrogens is 2. The quantitative estimate of drug-likeness (QED) is 0.0915. The number of ether oxygens (including phenoxy) is 4. The Balaban J connectivity index is 1.37. The van der Waals surface area contributed by atoms with Gasteiger partial charge in [-0.25, -0.2) is 9.97 Å². The van der Waals surface area contributed by atoms with Crippen LogP contribution in [0.4, 0.5) is 0 Å². The Hall–Kier alpha value is -4.94. The lowest BCUT2D eigenvalue weighted by molar-refractivity contribution is -0.0374. The van der Waals surface area contributed by atoms with E-state index in [1.54, 1.807) is 38.5 Å². The van der Waals surface area contributed by atoms with Crippen LogP contribution in [0, 0.1) is 0 Å². The molecular formula is C40H36Cl2N4O6. The SMILES string of the molecule is COCCC(O)Oc1ccc(-c2c3nc(c(Cl)c4ccc([nH]4)c(-c4ccc(OC(O)CCOC)cc4)c4nc(c(Cl)c5ccc2[nH]5)C=C4)C=C3)cc1. The van der Waals surface area contributed by atoms with Gasteiger partial charge in [-0.2, -0.15) is 0 Å². The third kappa shape index (κ3) is 7.63. The Bertz CT molecular complexity index is 2140. The number of nitrogens with one attached hydrogen (secondary N) is 2. The lowest BCUT2D eigenvalue weighted by Gasteiger charge is -2.13. The number of aliphatic hydroxyl groups is 2. The van der Waals surface area contributed by atoms with Crippen LogP contribution in [0.25, 0.3) is 68.6 Å². The summed E-state index contributed by atoms with van der Waals surface area (Å²) in [7, 11) is 3.16. The van der Waals surface area contributed by atoms with Gasteiger partial charge >= 0.3 is 0 Å². The molecule has 0 aliphatic carbocycles. The summed E-state index contributed by atoms with van der Waals surface area (Å²) in [6.45, 7) is 0.765. The molecule has 10 nitrogen and oxygen atoms in total. The van der Waals surface area contributed by atoms with E-state index in [1.807, 2.05) is 72.8 Å². The van der Waals surface area contributed by atoms with Gasteiger partial charge in [0.05, 0.1) is 57.1 Å². The number of benzene rings is 2. The largest absolute Gasteiger partial charge is 0.465 e. The molecule has 7 rings (SSSR count). The number of aliphatic hydroxyl groups excluding tert-OH is 2. The molecule has 2 aromatic carbocycles. The number of hydrogen-bond donors (Lipinski definition) is 4. The molecule has 2 aliphatic heterocycles. The Morgan fingerprint density at radius 3 is 1.29 bits per heavy atom. The van der Waals surface area contributed by atoms with E-state index in [2.05, 4.69) is 9.97 Å². The number of hydrogen-bond acceptors (Lipinski definition) is 8. The van der Waals surface area contributed by atoms with E-state index < -0.39 is 12.6 Å². The van der Waals surface area contributed by atoms with Crippen LogP contribution in [0.15, 0.2) is 72.8 Å². The molecule has 2 aliphatic rings. The molecule has 266 valence electrons. The number of rotatable bonds is 12. The van der Waals surface area contributed by atoms with Gasteiger partial charge < -0.3 is 39.1 Å². The fourth-order valence-corrected chi connectivity index (χ4v) is 6.44. The van der Waals surface area contributed by atoms with Gasteiger partial charge in [0.15, 0.2) is 12.6 Å². The highest BCUT2D eigenvalue weighted by molar-refractivity contribution is 6.36. The van der Waals surface area contributed by atoms with Crippen LogP contribution in [-0.4, -0.2) is 70.2 Å². The molecule has 5 heterocycles. The van der Waals surface area contributed by atoms with Crippen LogP contribution < -0.4 is 9.47 Å². The minimum Gasteiger partial charge on any atom is -0.465 e. The lowest BCUT2D eigenvalue weighted by Crippen LogP contribution is -2.17. The van der Waals surface area contributed by atoms with Crippen molar-refractivity contribution < 1.29 is 29.2 Å². The zero-order valence-corrected chi connectivity index (χ0v) is 29.9. The van der Waals surface area contributed by atoms with Crippen molar-refractivity contribution in [2.75, 3.05) is 27.4 Å². The summed E-state index contributed by atoms with van der Waals surface area (Å²) >= 11 is 14.1. The molecule has 52 heavy (non-hydrogen) atoms. The molecule has 5 aromatic rings. The summed E-state index contributed by atoms with van der Waals surface area (Å²) < 4.78 is 21.4. The number of aromatic amines is 2. The first-order chi connectivity index (χ1) is 25.3. The topological polar surface area (TPSA) is 135 Å². The van der Waals surface area contributed by atoms with Crippen molar-refractivity contribution in [1.29, 1.82) is 0 Å². The van der Waals surface area contributed by atoms with Crippen LogP contribution in [-0.2, 0) is 9.47 Å². The number of aromatic nitrogens is 4. The van der Waals surface area contributed by atoms with Gasteiger partial charge in [0.25, 0.3) is 0 Å². The molecule has 12 heteroatoms. The Labute approximate surface area is 309 Å². The number of halogens is 2. The summed E-state index contributed by atoms with van der Waals surface area (Å²) in [5, 5.41) is 21.3. The van der Waals surface area contributed by atoms with E-state index >= 15 is 0 Å². The first-order valence-electron chi connectivity index (χ1n) is 16.7. The van der Waals surface area contributed by atoms with Crippen molar-refractivity contribution in [3.8, 4) is 33.8 Å². The van der Waals surface area contributed by atoms with E-state index in [4.69, 9.17) is 52.1 Å². The molecule has 0 amide bonds. The molecule has 0 fully saturated rings. The van der Waals surface area contributed by atoms with Gasteiger partial charge in [0.1, 0.15) is 11.5 Å². The normalized spacial score (nSPS) is 13.3. The second kappa shape index (κ2) is 15.7. The van der Waals surface area contributed by atoms with E-state index in [0.717, 1.165) is 33.3 Å². The maximum atomic E-state index is 10.2. The maximum Gasteiger partial charge on any atom is 0.199 e. The van der Waals surface area contributed by atoms with Crippen LogP contribution in [0.1, 0.15) is 35.6 Å². The minimum absolute atomic E-state index is 0.349. The van der Waals surface area contributed by atoms with Crippen LogP contribution in [0.5, 0.6) is 11.5 Å². The molecule has 0 spiro atoms. The first kappa shape index (κ1) is 35.5. The van der Waals surface area contributed by atoms with Crippen molar-refractivity contribution in [2.24, 2.45) is 0 Å². The second-order valence-corrected chi connectivity index (χ2v) is 12.9. The van der Waals surface area contributed by atoms with E-state index in [1.165, 1.54) is 0 Å². The number of methoxy groups -OCH3 is 2. The van der Waals surface area contributed by atoms with Gasteiger partial charge in [0.2, 0.25) is 0 Å². The van der Waals surface area contributed by atoms with Gasteiger partial charge in [0, 0.05) is 49.2 Å². The maximum absolute atomic E-state index is 10.2. The first-order valence-corrected chi connectivity index (χ1v) is 17.4. The predicted octanol–water partition coefficient (Wildman–Crippen LogP) is 8.76. The van der Waals surface area contributed by atoms with Gasteiger partial charge in [-0.3, -0.25) is 0 Å². The Morgan fingerprint density at radius 1 is 0.538 bits per heavy atom. The third-order valence-corrected chi connectivity index (χ3v) is 9.39. The summed E-state index contributed by atoms with van der Waals surface area (Å²) in [4.78, 5) is 16.9. The standard InChI is InChI=1S/C40H36Cl2N4O6/c1-49-21-19-35(47)51-25-7-3-23(4-8-25)37-27-11-15-31(43-27)39(41)33-17-13-29(45-33)38(24-5-9-26(10-6-24)52-36(48)20-22-50-2)30-14-18-34(46-30)40(42)32-16-12-28(37)44-32/h3-18,35-36,43,46-48H,19-22H2,1-2H3. The van der Waals surface area contributed by atoms with Gasteiger partial charge in [-0.05, 0) is 84.0 Å². The highest BCUT2D eigenvalue weighted by atomic mass is 35.5. The number of fused-ring (bicyclic) bond motifs is 8. The van der Waals surface area contributed by atoms with Crippen molar-refractivity contribution in [3.63, 3.8) is 0 Å². The predicted molar refractivity (Wildman–Crippen MR) is 206 cm³/mol. The average Bonchev–Trinajstić information content (AvgIpc) is 3.99. The fourth-order valence-electron chi connectivity index (χ4n) is 6.01. The molecule has 4 N–H and O–H groups in total. The van der Waals surface area contributed by atoms with Crippen molar-refractivity contribution in [3.05, 3.63) is 106 Å². The molecule has 0 saturated heterocycles. The summed E-state index contributed by atoms with van der Waals surface area (Å²) in [5.41, 5.74) is 8.87. The Kier molecular flexibility index (Phi) is 10.7. The van der Waals surface area contributed by atoms with Gasteiger partial charge in [-0.15, -0.1) is 0 Å². The van der Waals surface area contributed by atoms with Gasteiger partial charge in [-0.1, -0.05) is 47.5 Å². The summed E-state index contributed by atoms with van der Waals surface area (Å²) in [6, 6.07) is 22.6. The molecule has 2 unspecified atom stereocenters. The smallest absolute Gasteiger partial charge is 0.199 e. The highest BCUT2D eigenvalue weighted by Gasteiger charge is 2.17. The lowest BCUT2D eigenvalue weighted by atomic mass is 10.0. The monoisotopic (exact) mass is 738 g/mol. The highest BCUT2D eigenvalue weighted by Crippen LogP contribution is 2.36. The number of nitrogens with zero attached hydrogens (tertiary/aromatic N) is 2. The summed E-state index contributed by atoms with van der Waals surface area (Å²) in [5.74, 6) is 1.05. The Morgan fingerprint density at radius 2 is 0.904 bits per heavy atom. The molecule has 8 bridgehead atoms. The van der Waals surface area contributed by atoms with Crippen molar-refractivity contribution >= 4 is 69.6 Å². The molecule has 0 saturated carbocycles. The third-order valence-electron chi connectivity index (χ3n) is 8.59. The van der Waals surface area contributed by atoms with Crippen LogP contribution >= 0.6 is 23.2 Å². The average molecular weight is 740 g/mol. The zero-order chi connectivity index (χ0) is 36.2. The van der Waals surface area contributed by atoms with E-state index in [-0.39, 0.29) is 0 Å². The van der Waals surface area contributed by atoms with Crippen LogP contribution in [0.2, 0.25) is 10.0 Å². The van der Waals surface area contributed by atoms with Crippen molar-refractivity contribution in [2.45, 2.75) is 25.4 Å². The molecule has 0 radical (unpaired) electrons. The molecular weight excluding hydrogens is 703 g/mol. The minimum atomic E-state index is -0.985. The summed E-state index contributed by atoms with van der Waals surface area (Å²) in [6.07, 6.45) is 6.36. The second-order valence-electron chi connectivity index (χ2n) is 12.1. The molecule has 2 atom stereocenters.